The minimum absolute atomic E-state index is 0.0222. The second-order valence-electron chi connectivity index (χ2n) is 6.66. The van der Waals surface area contributed by atoms with Crippen molar-refractivity contribution in [3.8, 4) is 0 Å². The van der Waals surface area contributed by atoms with E-state index in [2.05, 4.69) is 50.9 Å². The van der Waals surface area contributed by atoms with E-state index in [0.717, 1.165) is 32.2 Å². The van der Waals surface area contributed by atoms with Crippen molar-refractivity contribution in [2.24, 2.45) is 0 Å². The molecule has 4 rings (SSSR count). The Hall–Kier alpha value is -2.70. The normalized spacial score (nSPS) is 17.2. The molecule has 0 fully saturated rings. The van der Waals surface area contributed by atoms with Gasteiger partial charge in [0, 0.05) is 30.2 Å². The maximum absolute atomic E-state index is 12.6. The Morgan fingerprint density at radius 1 is 1.40 bits per heavy atom. The van der Waals surface area contributed by atoms with Gasteiger partial charge in [0.15, 0.2) is 5.82 Å². The SMILES string of the molecule is Cc1cccc2c(CCNC(=O)[C@@H]3CCCCn4nnnc43)c[nH]c12. The molecule has 0 bridgehead atoms. The third kappa shape index (κ3) is 3.01. The van der Waals surface area contributed by atoms with E-state index in [1.807, 2.05) is 6.20 Å². The Labute approximate surface area is 145 Å². The number of tetrazole rings is 1. The van der Waals surface area contributed by atoms with Crippen LogP contribution in [0.2, 0.25) is 0 Å². The van der Waals surface area contributed by atoms with Crippen molar-refractivity contribution in [3.63, 3.8) is 0 Å². The van der Waals surface area contributed by atoms with Crippen molar-refractivity contribution in [2.75, 3.05) is 6.54 Å². The summed E-state index contributed by atoms with van der Waals surface area (Å²) >= 11 is 0. The zero-order chi connectivity index (χ0) is 17.2. The van der Waals surface area contributed by atoms with Gasteiger partial charge in [-0.25, -0.2) is 4.68 Å². The molecule has 1 aliphatic rings. The summed E-state index contributed by atoms with van der Waals surface area (Å²) in [7, 11) is 0. The molecule has 2 N–H and O–H groups in total. The maximum Gasteiger partial charge on any atom is 0.230 e. The van der Waals surface area contributed by atoms with Crippen molar-refractivity contribution >= 4 is 16.8 Å². The van der Waals surface area contributed by atoms with E-state index in [0.29, 0.717) is 12.4 Å². The fourth-order valence-electron chi connectivity index (χ4n) is 3.62. The van der Waals surface area contributed by atoms with Crippen molar-refractivity contribution < 1.29 is 4.79 Å². The second kappa shape index (κ2) is 6.66. The van der Waals surface area contributed by atoms with E-state index in [-0.39, 0.29) is 11.8 Å². The monoisotopic (exact) mass is 338 g/mol. The first kappa shape index (κ1) is 15.8. The Kier molecular flexibility index (Phi) is 4.21. The molecule has 0 radical (unpaired) electrons. The molecule has 0 saturated heterocycles. The molecule has 2 aromatic heterocycles. The lowest BCUT2D eigenvalue weighted by molar-refractivity contribution is -0.122. The lowest BCUT2D eigenvalue weighted by atomic mass is 10.0. The topological polar surface area (TPSA) is 88.5 Å². The number of nitrogens with zero attached hydrogens (tertiary/aromatic N) is 4. The summed E-state index contributed by atoms with van der Waals surface area (Å²) in [6.45, 7) is 3.50. The molecule has 1 amide bonds. The van der Waals surface area contributed by atoms with Gasteiger partial charge in [0.2, 0.25) is 5.91 Å². The van der Waals surface area contributed by atoms with Gasteiger partial charge >= 0.3 is 0 Å². The molecule has 7 nitrogen and oxygen atoms in total. The highest BCUT2D eigenvalue weighted by Crippen LogP contribution is 2.24. The lowest BCUT2D eigenvalue weighted by Crippen LogP contribution is -2.32. The van der Waals surface area contributed by atoms with Crippen LogP contribution in [0, 0.1) is 6.92 Å². The summed E-state index contributed by atoms with van der Waals surface area (Å²) in [6.07, 6.45) is 5.66. The number of aryl methyl sites for hydroxylation is 2. The van der Waals surface area contributed by atoms with Crippen LogP contribution in [0.3, 0.4) is 0 Å². The summed E-state index contributed by atoms with van der Waals surface area (Å²) in [5.74, 6) is 0.467. The molecule has 3 heterocycles. The number of benzene rings is 1. The first-order valence-electron chi connectivity index (χ1n) is 8.83. The summed E-state index contributed by atoms with van der Waals surface area (Å²) < 4.78 is 1.76. The van der Waals surface area contributed by atoms with Gasteiger partial charge < -0.3 is 10.3 Å². The van der Waals surface area contributed by atoms with Crippen LogP contribution < -0.4 is 5.32 Å². The molecule has 1 atom stereocenters. The zero-order valence-corrected chi connectivity index (χ0v) is 14.3. The molecule has 1 aliphatic heterocycles. The number of carbonyl (C=O) groups is 1. The van der Waals surface area contributed by atoms with Gasteiger partial charge in [-0.2, -0.15) is 0 Å². The molecular formula is C18H22N6O. The smallest absolute Gasteiger partial charge is 0.230 e. The summed E-state index contributed by atoms with van der Waals surface area (Å²) in [5, 5.41) is 16.1. The molecule has 3 aromatic rings. The average molecular weight is 338 g/mol. The second-order valence-corrected chi connectivity index (χ2v) is 6.66. The highest BCUT2D eigenvalue weighted by Gasteiger charge is 2.28. The van der Waals surface area contributed by atoms with Gasteiger partial charge in [0.25, 0.3) is 0 Å². The van der Waals surface area contributed by atoms with Crippen LogP contribution in [0.4, 0.5) is 0 Å². The average Bonchev–Trinajstić information content (AvgIpc) is 3.19. The van der Waals surface area contributed by atoms with Gasteiger partial charge in [-0.3, -0.25) is 4.79 Å². The predicted octanol–water partition coefficient (Wildman–Crippen LogP) is 2.09. The quantitative estimate of drug-likeness (QED) is 0.762. The molecule has 130 valence electrons. The molecule has 0 aliphatic carbocycles. The number of para-hydroxylation sites is 1. The molecule has 0 saturated carbocycles. The van der Waals surface area contributed by atoms with E-state index in [1.54, 1.807) is 4.68 Å². The Balaban J connectivity index is 1.42. The zero-order valence-electron chi connectivity index (χ0n) is 14.3. The minimum atomic E-state index is -0.247. The third-order valence-corrected chi connectivity index (χ3v) is 5.00. The number of H-pyrrole nitrogens is 1. The molecule has 7 heteroatoms. The van der Waals surface area contributed by atoms with E-state index in [1.165, 1.54) is 22.0 Å². The highest BCUT2D eigenvalue weighted by molar-refractivity contribution is 5.86. The Morgan fingerprint density at radius 3 is 3.24 bits per heavy atom. The summed E-state index contributed by atoms with van der Waals surface area (Å²) in [5.41, 5.74) is 3.63. The van der Waals surface area contributed by atoms with Crippen LogP contribution >= 0.6 is 0 Å². The van der Waals surface area contributed by atoms with Crippen LogP contribution in [0.5, 0.6) is 0 Å². The number of fused-ring (bicyclic) bond motifs is 2. The number of carbonyl (C=O) groups excluding carboxylic acids is 1. The number of hydrogen-bond acceptors (Lipinski definition) is 4. The van der Waals surface area contributed by atoms with Crippen molar-refractivity contribution in [1.82, 2.24) is 30.5 Å². The maximum atomic E-state index is 12.6. The van der Waals surface area contributed by atoms with Gasteiger partial charge in [-0.1, -0.05) is 24.6 Å². The molecule has 1 aromatic carbocycles. The van der Waals surface area contributed by atoms with Crippen LogP contribution in [0.25, 0.3) is 10.9 Å². The summed E-state index contributed by atoms with van der Waals surface area (Å²) in [6, 6.07) is 6.29. The van der Waals surface area contributed by atoms with Crippen LogP contribution in [0.15, 0.2) is 24.4 Å². The summed E-state index contributed by atoms with van der Waals surface area (Å²) in [4.78, 5) is 16.0. The number of rotatable bonds is 4. The van der Waals surface area contributed by atoms with Crippen LogP contribution in [0.1, 0.15) is 42.1 Å². The van der Waals surface area contributed by atoms with Crippen LogP contribution in [-0.4, -0.2) is 37.6 Å². The number of aromatic amines is 1. The van der Waals surface area contributed by atoms with Crippen molar-refractivity contribution in [3.05, 3.63) is 41.3 Å². The highest BCUT2D eigenvalue weighted by atomic mass is 16.1. The number of nitrogens with one attached hydrogen (secondary N) is 2. The lowest BCUT2D eigenvalue weighted by Gasteiger charge is -2.13. The van der Waals surface area contributed by atoms with E-state index < -0.39 is 0 Å². The minimum Gasteiger partial charge on any atom is -0.361 e. The molecule has 0 unspecified atom stereocenters. The first-order chi connectivity index (χ1) is 12.2. The molecular weight excluding hydrogens is 316 g/mol. The first-order valence-corrected chi connectivity index (χ1v) is 8.83. The molecule has 25 heavy (non-hydrogen) atoms. The largest absolute Gasteiger partial charge is 0.361 e. The predicted molar refractivity (Wildman–Crippen MR) is 94.2 cm³/mol. The van der Waals surface area contributed by atoms with Gasteiger partial charge in [-0.15, -0.1) is 5.10 Å². The Bertz CT molecular complexity index is 896. The Morgan fingerprint density at radius 2 is 2.32 bits per heavy atom. The molecule has 0 spiro atoms. The van der Waals surface area contributed by atoms with Gasteiger partial charge in [0.1, 0.15) is 0 Å². The van der Waals surface area contributed by atoms with Gasteiger partial charge in [0.05, 0.1) is 5.92 Å². The van der Waals surface area contributed by atoms with Crippen LogP contribution in [-0.2, 0) is 17.8 Å². The number of hydrogen-bond donors (Lipinski definition) is 2. The van der Waals surface area contributed by atoms with E-state index in [4.69, 9.17) is 0 Å². The van der Waals surface area contributed by atoms with E-state index >= 15 is 0 Å². The fourth-order valence-corrected chi connectivity index (χ4v) is 3.62. The fraction of sp³-hybridized carbons (Fsp3) is 0.444. The van der Waals surface area contributed by atoms with Crippen molar-refractivity contribution in [1.29, 1.82) is 0 Å². The van der Waals surface area contributed by atoms with Crippen molar-refractivity contribution in [2.45, 2.75) is 45.1 Å². The standard InChI is InChI=1S/C18H22N6O/c1-12-5-4-7-14-13(11-20-16(12)14)8-9-19-18(25)15-6-2-3-10-24-17(15)21-22-23-24/h4-5,7,11,15,20H,2-3,6,8-10H2,1H3,(H,19,25)/t15-/m1/s1. The number of amides is 1. The van der Waals surface area contributed by atoms with Gasteiger partial charge in [-0.05, 0) is 47.7 Å². The number of aromatic nitrogens is 5. The third-order valence-electron chi connectivity index (χ3n) is 5.00. The van der Waals surface area contributed by atoms with E-state index in [9.17, 15) is 4.79 Å².